The number of unbranched alkanes of at least 4 members (excludes halogenated alkanes) is 1. The van der Waals surface area contributed by atoms with E-state index in [-0.39, 0.29) is 5.91 Å². The highest BCUT2D eigenvalue weighted by Gasteiger charge is 2.28. The zero-order chi connectivity index (χ0) is 19.5. The number of hydrogen-bond donors (Lipinski definition) is 0. The highest BCUT2D eigenvalue weighted by molar-refractivity contribution is 6.01. The van der Waals surface area contributed by atoms with Gasteiger partial charge in [-0.1, -0.05) is 31.5 Å². The van der Waals surface area contributed by atoms with Gasteiger partial charge in [0, 0.05) is 56.0 Å². The SMILES string of the molecule is CCCCn1c(C(=O)N2CCN(c3ncccn3)CC2)c(C)c2ccccc21. The Morgan fingerprint density at radius 2 is 1.75 bits per heavy atom. The molecule has 2 aromatic heterocycles. The fourth-order valence-corrected chi connectivity index (χ4v) is 4.01. The molecule has 0 N–H and O–H groups in total. The zero-order valence-corrected chi connectivity index (χ0v) is 16.6. The molecule has 3 aromatic rings. The Balaban J connectivity index is 1.58. The number of benzene rings is 1. The zero-order valence-electron chi connectivity index (χ0n) is 16.6. The van der Waals surface area contributed by atoms with Crippen molar-refractivity contribution in [1.29, 1.82) is 0 Å². The van der Waals surface area contributed by atoms with Gasteiger partial charge in [-0.25, -0.2) is 9.97 Å². The highest BCUT2D eigenvalue weighted by atomic mass is 16.2. The smallest absolute Gasteiger partial charge is 0.270 e. The predicted octanol–water partition coefficient (Wildman–Crippen LogP) is 3.50. The van der Waals surface area contributed by atoms with Gasteiger partial charge >= 0.3 is 0 Å². The molecule has 4 rings (SSSR count). The molecule has 28 heavy (non-hydrogen) atoms. The average molecular weight is 377 g/mol. The molecule has 0 aliphatic carbocycles. The molecule has 1 saturated heterocycles. The van der Waals surface area contributed by atoms with Crippen molar-refractivity contribution in [3.63, 3.8) is 0 Å². The molecule has 1 aliphatic heterocycles. The Morgan fingerprint density at radius 1 is 1.04 bits per heavy atom. The second-order valence-electron chi connectivity index (χ2n) is 7.32. The molecule has 3 heterocycles. The maximum Gasteiger partial charge on any atom is 0.270 e. The number of rotatable bonds is 5. The summed E-state index contributed by atoms with van der Waals surface area (Å²) in [5.74, 6) is 0.876. The van der Waals surface area contributed by atoms with Crippen molar-refractivity contribution in [1.82, 2.24) is 19.4 Å². The fourth-order valence-electron chi connectivity index (χ4n) is 4.01. The molecule has 0 saturated carbocycles. The summed E-state index contributed by atoms with van der Waals surface area (Å²) in [7, 11) is 0. The van der Waals surface area contributed by atoms with Gasteiger partial charge in [-0.05, 0) is 31.0 Å². The van der Waals surface area contributed by atoms with Crippen LogP contribution in [0.4, 0.5) is 5.95 Å². The number of carbonyl (C=O) groups is 1. The summed E-state index contributed by atoms with van der Waals surface area (Å²) in [6.07, 6.45) is 5.69. The first kappa shape index (κ1) is 18.5. The number of aromatic nitrogens is 3. The lowest BCUT2D eigenvalue weighted by atomic mass is 10.1. The van der Waals surface area contributed by atoms with Crippen molar-refractivity contribution in [3.05, 3.63) is 54.0 Å². The predicted molar refractivity (Wildman–Crippen MR) is 112 cm³/mol. The molecule has 1 aliphatic rings. The van der Waals surface area contributed by atoms with E-state index in [2.05, 4.69) is 51.5 Å². The van der Waals surface area contributed by atoms with Gasteiger partial charge in [0.05, 0.1) is 0 Å². The van der Waals surface area contributed by atoms with E-state index in [9.17, 15) is 4.79 Å². The van der Waals surface area contributed by atoms with Crippen molar-refractivity contribution in [2.45, 2.75) is 33.2 Å². The molecule has 0 atom stereocenters. The Hall–Kier alpha value is -2.89. The number of anilines is 1. The summed E-state index contributed by atoms with van der Waals surface area (Å²) in [5, 5.41) is 1.18. The molecule has 1 aromatic carbocycles. The minimum atomic E-state index is 0.137. The lowest BCUT2D eigenvalue weighted by molar-refractivity contribution is 0.0735. The molecule has 0 unspecified atom stereocenters. The number of aryl methyl sites for hydroxylation is 2. The van der Waals surface area contributed by atoms with E-state index in [1.54, 1.807) is 12.4 Å². The van der Waals surface area contributed by atoms with Gasteiger partial charge in [0.25, 0.3) is 5.91 Å². The molecular weight excluding hydrogens is 350 g/mol. The van der Waals surface area contributed by atoms with E-state index in [1.165, 1.54) is 5.39 Å². The van der Waals surface area contributed by atoms with Gasteiger partial charge in [-0.3, -0.25) is 4.79 Å². The molecule has 0 radical (unpaired) electrons. The minimum Gasteiger partial charge on any atom is -0.337 e. The number of para-hydroxylation sites is 1. The van der Waals surface area contributed by atoms with E-state index in [1.807, 2.05) is 17.0 Å². The first-order chi connectivity index (χ1) is 13.7. The largest absolute Gasteiger partial charge is 0.337 e. The van der Waals surface area contributed by atoms with E-state index >= 15 is 0 Å². The number of amides is 1. The van der Waals surface area contributed by atoms with Crippen LogP contribution in [0.15, 0.2) is 42.7 Å². The average Bonchev–Trinajstić information content (AvgIpc) is 3.04. The second kappa shape index (κ2) is 8.00. The molecule has 1 amide bonds. The van der Waals surface area contributed by atoms with E-state index in [0.717, 1.165) is 55.2 Å². The number of hydrogen-bond acceptors (Lipinski definition) is 4. The summed E-state index contributed by atoms with van der Waals surface area (Å²) in [5.41, 5.74) is 3.10. The molecule has 6 nitrogen and oxygen atoms in total. The number of piperazine rings is 1. The highest BCUT2D eigenvalue weighted by Crippen LogP contribution is 2.27. The molecule has 0 bridgehead atoms. The van der Waals surface area contributed by atoms with E-state index in [4.69, 9.17) is 0 Å². The first-order valence-electron chi connectivity index (χ1n) is 10.1. The summed E-state index contributed by atoms with van der Waals surface area (Å²) in [6.45, 7) is 8.02. The quantitative estimate of drug-likeness (QED) is 0.683. The summed E-state index contributed by atoms with van der Waals surface area (Å²) < 4.78 is 2.23. The Bertz CT molecular complexity index is 958. The topological polar surface area (TPSA) is 54.3 Å². The number of carbonyl (C=O) groups excluding carboxylic acids is 1. The van der Waals surface area contributed by atoms with Crippen molar-refractivity contribution in [2.75, 3.05) is 31.1 Å². The standard InChI is InChI=1S/C22H27N5O/c1-3-4-12-27-19-9-6-5-8-18(19)17(2)20(27)21(28)25-13-15-26(16-14-25)22-23-10-7-11-24-22/h5-11H,3-4,12-16H2,1-2H3. The van der Waals surface area contributed by atoms with Gasteiger partial charge in [0.2, 0.25) is 5.95 Å². The first-order valence-corrected chi connectivity index (χ1v) is 10.1. The van der Waals surface area contributed by atoms with Crippen LogP contribution in [0.5, 0.6) is 0 Å². The van der Waals surface area contributed by atoms with Crippen molar-refractivity contribution >= 4 is 22.8 Å². The van der Waals surface area contributed by atoms with E-state index < -0.39 is 0 Å². The number of fused-ring (bicyclic) bond motifs is 1. The molecule has 6 heteroatoms. The third-order valence-electron chi connectivity index (χ3n) is 5.56. The Morgan fingerprint density at radius 3 is 2.46 bits per heavy atom. The molecule has 146 valence electrons. The minimum absolute atomic E-state index is 0.137. The van der Waals surface area contributed by atoms with Crippen LogP contribution in [0.25, 0.3) is 10.9 Å². The van der Waals surface area contributed by atoms with Crippen molar-refractivity contribution < 1.29 is 4.79 Å². The molecule has 0 spiro atoms. The Kier molecular flexibility index (Phi) is 5.28. The third-order valence-corrected chi connectivity index (χ3v) is 5.56. The summed E-state index contributed by atoms with van der Waals surface area (Å²) in [6, 6.07) is 10.2. The fraction of sp³-hybridized carbons (Fsp3) is 0.409. The van der Waals surface area contributed by atoms with E-state index in [0.29, 0.717) is 13.1 Å². The van der Waals surface area contributed by atoms with Crippen LogP contribution >= 0.6 is 0 Å². The van der Waals surface area contributed by atoms with Crippen LogP contribution in [0.1, 0.15) is 35.8 Å². The summed E-state index contributed by atoms with van der Waals surface area (Å²) >= 11 is 0. The van der Waals surface area contributed by atoms with Crippen molar-refractivity contribution in [2.24, 2.45) is 0 Å². The van der Waals surface area contributed by atoms with Crippen LogP contribution in [0.3, 0.4) is 0 Å². The van der Waals surface area contributed by atoms with Gasteiger partial charge in [0.1, 0.15) is 5.69 Å². The Labute approximate surface area is 165 Å². The monoisotopic (exact) mass is 377 g/mol. The normalized spacial score (nSPS) is 14.6. The van der Waals surface area contributed by atoms with Crippen LogP contribution in [-0.2, 0) is 6.54 Å². The molecular formula is C22H27N5O. The maximum absolute atomic E-state index is 13.5. The molecule has 1 fully saturated rings. The lowest BCUT2D eigenvalue weighted by Gasteiger charge is -2.35. The van der Waals surface area contributed by atoms with Gasteiger partial charge < -0.3 is 14.4 Å². The van der Waals surface area contributed by atoms with Crippen LogP contribution in [0, 0.1) is 6.92 Å². The number of nitrogens with zero attached hydrogens (tertiary/aromatic N) is 5. The maximum atomic E-state index is 13.5. The lowest BCUT2D eigenvalue weighted by Crippen LogP contribution is -2.49. The van der Waals surface area contributed by atoms with Crippen molar-refractivity contribution in [3.8, 4) is 0 Å². The van der Waals surface area contributed by atoms with Gasteiger partial charge in [0.15, 0.2) is 0 Å². The van der Waals surface area contributed by atoms with Crippen LogP contribution in [-0.4, -0.2) is 51.5 Å². The van der Waals surface area contributed by atoms with Crippen LogP contribution in [0.2, 0.25) is 0 Å². The third kappa shape index (κ3) is 3.35. The van der Waals surface area contributed by atoms with Crippen LogP contribution < -0.4 is 4.90 Å². The second-order valence-corrected chi connectivity index (χ2v) is 7.32. The van der Waals surface area contributed by atoms with Gasteiger partial charge in [-0.15, -0.1) is 0 Å². The van der Waals surface area contributed by atoms with Gasteiger partial charge in [-0.2, -0.15) is 0 Å². The summed E-state index contributed by atoms with van der Waals surface area (Å²) in [4.78, 5) is 26.2.